The first-order valence-electron chi connectivity index (χ1n) is 9.16. The minimum Gasteiger partial charge on any atom is -0.367 e. The molecule has 7 heteroatoms. The lowest BCUT2D eigenvalue weighted by atomic mass is 9.88. The number of aromatic amines is 2. The zero-order chi connectivity index (χ0) is 20.1. The molecule has 144 valence electrons. The van der Waals surface area contributed by atoms with Crippen molar-refractivity contribution in [2.24, 2.45) is 5.41 Å². The van der Waals surface area contributed by atoms with E-state index in [1.54, 1.807) is 24.7 Å². The van der Waals surface area contributed by atoms with Crippen LogP contribution >= 0.6 is 0 Å². The lowest BCUT2D eigenvalue weighted by molar-refractivity contribution is 0.359. The van der Waals surface area contributed by atoms with E-state index < -0.39 is 5.82 Å². The Morgan fingerprint density at radius 1 is 1.18 bits per heavy atom. The Bertz CT molecular complexity index is 1220. The van der Waals surface area contributed by atoms with Crippen LogP contribution in [-0.2, 0) is 0 Å². The Hall–Kier alpha value is -3.22. The number of pyridine rings is 2. The van der Waals surface area contributed by atoms with Gasteiger partial charge in [-0.2, -0.15) is 5.10 Å². The number of hydrogen-bond donors (Lipinski definition) is 3. The maximum atomic E-state index is 14.1. The van der Waals surface area contributed by atoms with Crippen LogP contribution in [0.2, 0.25) is 0 Å². The normalized spacial score (nSPS) is 13.2. The van der Waals surface area contributed by atoms with Gasteiger partial charge in [0.2, 0.25) is 0 Å². The minimum absolute atomic E-state index is 0.00939. The molecule has 0 spiro atoms. The molecule has 0 bridgehead atoms. The molecule has 0 fully saturated rings. The van der Waals surface area contributed by atoms with Gasteiger partial charge in [-0.25, -0.2) is 9.37 Å². The molecule has 1 atom stereocenters. The second kappa shape index (κ2) is 6.44. The SMILES string of the molecule is CC(Nc1nc2c(-c3cn[nH]c3)c[nH]c(=O)c2c2cc(F)ccc12)C(C)(C)C. The van der Waals surface area contributed by atoms with Crippen LogP contribution in [0.3, 0.4) is 0 Å². The van der Waals surface area contributed by atoms with Gasteiger partial charge in [-0.1, -0.05) is 20.8 Å². The van der Waals surface area contributed by atoms with Crippen molar-refractivity contribution < 1.29 is 4.39 Å². The summed E-state index contributed by atoms with van der Waals surface area (Å²) < 4.78 is 14.1. The van der Waals surface area contributed by atoms with Gasteiger partial charge in [0.1, 0.15) is 11.6 Å². The second-order valence-corrected chi connectivity index (χ2v) is 8.12. The van der Waals surface area contributed by atoms with Crippen molar-refractivity contribution in [2.45, 2.75) is 33.7 Å². The molecule has 1 unspecified atom stereocenters. The van der Waals surface area contributed by atoms with Crippen LogP contribution in [0.4, 0.5) is 10.2 Å². The summed E-state index contributed by atoms with van der Waals surface area (Å²) in [7, 11) is 0. The monoisotopic (exact) mass is 379 g/mol. The van der Waals surface area contributed by atoms with Crippen molar-refractivity contribution in [3.05, 3.63) is 53.0 Å². The van der Waals surface area contributed by atoms with Crippen LogP contribution in [-0.4, -0.2) is 26.2 Å². The van der Waals surface area contributed by atoms with Gasteiger partial charge in [0.15, 0.2) is 0 Å². The molecule has 3 heterocycles. The summed E-state index contributed by atoms with van der Waals surface area (Å²) in [5.74, 6) is 0.225. The van der Waals surface area contributed by atoms with E-state index in [9.17, 15) is 9.18 Å². The number of aromatic nitrogens is 4. The van der Waals surface area contributed by atoms with Crippen molar-refractivity contribution in [1.29, 1.82) is 0 Å². The lowest BCUT2D eigenvalue weighted by Gasteiger charge is -2.29. The molecule has 3 aromatic heterocycles. The average Bonchev–Trinajstić information content (AvgIpc) is 3.15. The summed E-state index contributed by atoms with van der Waals surface area (Å²) in [6.45, 7) is 8.48. The lowest BCUT2D eigenvalue weighted by Crippen LogP contribution is -2.31. The number of benzene rings is 1. The van der Waals surface area contributed by atoms with Crippen molar-refractivity contribution >= 4 is 27.5 Å². The van der Waals surface area contributed by atoms with Gasteiger partial charge in [-0.15, -0.1) is 0 Å². The first kappa shape index (κ1) is 18.2. The topological polar surface area (TPSA) is 86.5 Å². The highest BCUT2D eigenvalue weighted by Gasteiger charge is 2.22. The predicted molar refractivity (Wildman–Crippen MR) is 110 cm³/mol. The fraction of sp³-hybridized carbons (Fsp3) is 0.286. The first-order chi connectivity index (χ1) is 13.3. The van der Waals surface area contributed by atoms with Crippen LogP contribution in [0.15, 0.2) is 41.6 Å². The average molecular weight is 379 g/mol. The molecule has 1 aromatic carbocycles. The molecule has 3 N–H and O–H groups in total. The Labute approximate surface area is 161 Å². The third kappa shape index (κ3) is 3.02. The fourth-order valence-electron chi connectivity index (χ4n) is 3.14. The molecule has 6 nitrogen and oxygen atoms in total. The highest BCUT2D eigenvalue weighted by Crippen LogP contribution is 2.34. The Morgan fingerprint density at radius 2 is 1.96 bits per heavy atom. The molecular weight excluding hydrogens is 357 g/mol. The van der Waals surface area contributed by atoms with Gasteiger partial charge in [0.25, 0.3) is 5.56 Å². The molecule has 0 saturated heterocycles. The maximum Gasteiger partial charge on any atom is 0.258 e. The quantitative estimate of drug-likeness (QED) is 0.459. The highest BCUT2D eigenvalue weighted by atomic mass is 19.1. The summed E-state index contributed by atoms with van der Waals surface area (Å²) in [6.07, 6.45) is 5.01. The van der Waals surface area contributed by atoms with E-state index in [0.717, 1.165) is 11.1 Å². The minimum atomic E-state index is -0.400. The Morgan fingerprint density at radius 3 is 2.64 bits per heavy atom. The number of halogens is 1. The molecule has 4 aromatic rings. The highest BCUT2D eigenvalue weighted by molar-refractivity contribution is 6.12. The number of H-pyrrole nitrogens is 2. The van der Waals surface area contributed by atoms with Gasteiger partial charge >= 0.3 is 0 Å². The van der Waals surface area contributed by atoms with Gasteiger partial charge in [-0.3, -0.25) is 9.89 Å². The zero-order valence-corrected chi connectivity index (χ0v) is 16.2. The van der Waals surface area contributed by atoms with Gasteiger partial charge in [0.05, 0.1) is 17.1 Å². The van der Waals surface area contributed by atoms with Crippen molar-refractivity contribution in [3.8, 4) is 11.1 Å². The van der Waals surface area contributed by atoms with Gasteiger partial charge in [0, 0.05) is 40.3 Å². The predicted octanol–water partition coefficient (Wildman–Crippen LogP) is 4.45. The van der Waals surface area contributed by atoms with Crippen LogP contribution in [0.25, 0.3) is 32.8 Å². The number of nitrogens with one attached hydrogen (secondary N) is 3. The van der Waals surface area contributed by atoms with Crippen molar-refractivity contribution in [1.82, 2.24) is 20.2 Å². The second-order valence-electron chi connectivity index (χ2n) is 8.12. The number of nitrogens with zero attached hydrogens (tertiary/aromatic N) is 2. The third-order valence-corrected chi connectivity index (χ3v) is 5.26. The third-order valence-electron chi connectivity index (χ3n) is 5.26. The van der Waals surface area contributed by atoms with Crippen LogP contribution < -0.4 is 10.9 Å². The molecular formula is C21H22FN5O. The van der Waals surface area contributed by atoms with E-state index in [1.807, 2.05) is 0 Å². The molecule has 0 saturated carbocycles. The van der Waals surface area contributed by atoms with Gasteiger partial charge < -0.3 is 10.3 Å². The van der Waals surface area contributed by atoms with E-state index in [-0.39, 0.29) is 17.0 Å². The molecule has 0 radical (unpaired) electrons. The molecule has 4 rings (SSSR count). The molecule has 0 aliphatic rings. The van der Waals surface area contributed by atoms with E-state index in [0.29, 0.717) is 27.5 Å². The Balaban J connectivity index is 2.09. The standard InChI is InChI=1S/C21H22FN5O/c1-11(21(2,3)4)26-19-14-6-5-13(22)7-15(14)17-18(27-19)16(10-23-20(17)28)12-8-24-25-9-12/h5-11H,1-4H3,(H,23,28)(H,24,25)(H,26,27). The first-order valence-corrected chi connectivity index (χ1v) is 9.16. The number of anilines is 1. The van der Waals surface area contributed by atoms with E-state index >= 15 is 0 Å². The summed E-state index contributed by atoms with van der Waals surface area (Å²) in [6, 6.07) is 4.54. The van der Waals surface area contributed by atoms with Crippen LogP contribution in [0.1, 0.15) is 27.7 Å². The van der Waals surface area contributed by atoms with Crippen molar-refractivity contribution in [2.75, 3.05) is 5.32 Å². The summed E-state index contributed by atoms with van der Waals surface area (Å²) in [5.41, 5.74) is 1.71. The number of hydrogen-bond acceptors (Lipinski definition) is 4. The van der Waals surface area contributed by atoms with Crippen LogP contribution in [0, 0.1) is 11.2 Å². The Kier molecular flexibility index (Phi) is 4.18. The number of rotatable bonds is 3. The maximum absolute atomic E-state index is 14.1. The zero-order valence-electron chi connectivity index (χ0n) is 16.2. The molecule has 0 aliphatic carbocycles. The summed E-state index contributed by atoms with van der Waals surface area (Å²) in [4.78, 5) is 20.2. The fourth-order valence-corrected chi connectivity index (χ4v) is 3.14. The van der Waals surface area contributed by atoms with Crippen LogP contribution in [0.5, 0.6) is 0 Å². The summed E-state index contributed by atoms with van der Waals surface area (Å²) in [5, 5.41) is 11.8. The molecule has 0 aliphatic heterocycles. The number of fused-ring (bicyclic) bond motifs is 3. The largest absolute Gasteiger partial charge is 0.367 e. The van der Waals surface area contributed by atoms with E-state index in [4.69, 9.17) is 4.98 Å². The van der Waals surface area contributed by atoms with Gasteiger partial charge in [-0.05, 0) is 30.5 Å². The smallest absolute Gasteiger partial charge is 0.258 e. The van der Waals surface area contributed by atoms with Crippen molar-refractivity contribution in [3.63, 3.8) is 0 Å². The van der Waals surface area contributed by atoms with E-state index in [1.165, 1.54) is 12.1 Å². The molecule has 28 heavy (non-hydrogen) atoms. The van der Waals surface area contributed by atoms with E-state index in [2.05, 4.69) is 48.2 Å². The summed E-state index contributed by atoms with van der Waals surface area (Å²) >= 11 is 0. The molecule has 0 amide bonds.